The number of carbonyl (C=O) groups excluding carboxylic acids is 1. The van der Waals surface area contributed by atoms with Gasteiger partial charge in [-0.15, -0.1) is 0 Å². The smallest absolute Gasteiger partial charge is 0.390 e. The monoisotopic (exact) mass is 355 g/mol. The Morgan fingerprint density at radius 1 is 1.24 bits per heavy atom. The SMILES string of the molecule is Cc1cc(C2CCN(C(=O)C3CC(C)(O)C3)CC2)ccc1C(F)(F)F. The normalized spacial score (nSPS) is 27.9. The summed E-state index contributed by atoms with van der Waals surface area (Å²) >= 11 is 0. The van der Waals surface area contributed by atoms with Crippen LogP contribution in [0.2, 0.25) is 0 Å². The number of hydrogen-bond acceptors (Lipinski definition) is 2. The number of nitrogens with zero attached hydrogens (tertiary/aromatic N) is 1. The van der Waals surface area contributed by atoms with Gasteiger partial charge in [0.05, 0.1) is 11.2 Å². The molecule has 1 amide bonds. The summed E-state index contributed by atoms with van der Waals surface area (Å²) in [6.45, 7) is 4.49. The van der Waals surface area contributed by atoms with Gasteiger partial charge in [-0.25, -0.2) is 0 Å². The lowest BCUT2D eigenvalue weighted by atomic mass is 9.71. The second-order valence-electron chi connectivity index (χ2n) is 7.77. The second kappa shape index (κ2) is 6.31. The van der Waals surface area contributed by atoms with E-state index in [2.05, 4.69) is 0 Å². The minimum absolute atomic E-state index is 0.0835. The van der Waals surface area contributed by atoms with Crippen LogP contribution in [0.15, 0.2) is 18.2 Å². The molecule has 1 saturated heterocycles. The van der Waals surface area contributed by atoms with Gasteiger partial charge in [-0.05, 0) is 62.6 Å². The van der Waals surface area contributed by atoms with Crippen LogP contribution in [0.1, 0.15) is 55.2 Å². The minimum atomic E-state index is -4.32. The second-order valence-corrected chi connectivity index (χ2v) is 7.77. The number of amides is 1. The maximum atomic E-state index is 12.9. The van der Waals surface area contributed by atoms with Crippen molar-refractivity contribution in [1.82, 2.24) is 4.90 Å². The van der Waals surface area contributed by atoms with E-state index in [1.54, 1.807) is 19.1 Å². The highest BCUT2D eigenvalue weighted by Crippen LogP contribution is 2.40. The Bertz CT molecular complexity index is 653. The highest BCUT2D eigenvalue weighted by atomic mass is 19.4. The Labute approximate surface area is 145 Å². The molecule has 0 atom stereocenters. The van der Waals surface area contributed by atoms with Crippen molar-refractivity contribution in [3.05, 3.63) is 34.9 Å². The van der Waals surface area contributed by atoms with E-state index in [9.17, 15) is 23.1 Å². The first-order chi connectivity index (χ1) is 11.6. The van der Waals surface area contributed by atoms with E-state index in [4.69, 9.17) is 0 Å². The summed E-state index contributed by atoms with van der Waals surface area (Å²) in [4.78, 5) is 14.3. The molecule has 1 aliphatic heterocycles. The maximum absolute atomic E-state index is 12.9. The summed E-state index contributed by atoms with van der Waals surface area (Å²) in [7, 11) is 0. The van der Waals surface area contributed by atoms with E-state index in [0.717, 1.165) is 18.4 Å². The topological polar surface area (TPSA) is 40.5 Å². The average Bonchev–Trinajstić information content (AvgIpc) is 2.50. The fourth-order valence-corrected chi connectivity index (χ4v) is 4.13. The molecule has 3 nitrogen and oxygen atoms in total. The summed E-state index contributed by atoms with van der Waals surface area (Å²) in [5.74, 6) is 0.211. The first-order valence-corrected chi connectivity index (χ1v) is 8.76. The largest absolute Gasteiger partial charge is 0.416 e. The molecule has 0 aromatic heterocycles. The Balaban J connectivity index is 1.59. The standard InChI is InChI=1S/C19H24F3NO2/c1-12-9-14(3-4-16(12)19(20,21)22)13-5-7-23(8-6-13)17(24)15-10-18(2,25)11-15/h3-4,9,13,15,25H,5-8,10-11H2,1-2H3. The quantitative estimate of drug-likeness (QED) is 0.875. The van der Waals surface area contributed by atoms with Gasteiger partial charge in [-0.2, -0.15) is 13.2 Å². The number of aliphatic hydroxyl groups is 1. The Hall–Kier alpha value is -1.56. The number of piperidine rings is 1. The van der Waals surface area contributed by atoms with Gasteiger partial charge >= 0.3 is 6.18 Å². The molecule has 138 valence electrons. The van der Waals surface area contributed by atoms with E-state index < -0.39 is 17.3 Å². The van der Waals surface area contributed by atoms with Crippen LogP contribution in [0.3, 0.4) is 0 Å². The number of rotatable bonds is 2. The van der Waals surface area contributed by atoms with Crippen LogP contribution in [0.5, 0.6) is 0 Å². The van der Waals surface area contributed by atoms with Gasteiger partial charge in [0.15, 0.2) is 0 Å². The molecule has 1 N–H and O–H groups in total. The Morgan fingerprint density at radius 2 is 1.84 bits per heavy atom. The van der Waals surface area contributed by atoms with Crippen molar-refractivity contribution >= 4 is 5.91 Å². The molecular formula is C19H24F3NO2. The zero-order valence-electron chi connectivity index (χ0n) is 14.6. The van der Waals surface area contributed by atoms with Crippen LogP contribution in [0.25, 0.3) is 0 Å². The first kappa shape index (κ1) is 18.2. The molecule has 0 radical (unpaired) electrons. The van der Waals surface area contributed by atoms with E-state index in [-0.39, 0.29) is 23.3 Å². The Morgan fingerprint density at radius 3 is 2.32 bits per heavy atom. The number of likely N-dealkylation sites (tertiary alicyclic amines) is 1. The van der Waals surface area contributed by atoms with Gasteiger partial charge in [-0.3, -0.25) is 4.79 Å². The summed E-state index contributed by atoms with van der Waals surface area (Å²) in [6.07, 6.45) is -1.75. The zero-order valence-corrected chi connectivity index (χ0v) is 14.6. The molecule has 0 spiro atoms. The predicted molar refractivity (Wildman–Crippen MR) is 88.1 cm³/mol. The minimum Gasteiger partial charge on any atom is -0.390 e. The molecule has 1 saturated carbocycles. The fraction of sp³-hybridized carbons (Fsp3) is 0.632. The molecule has 1 aromatic rings. The summed E-state index contributed by atoms with van der Waals surface area (Å²) in [5.41, 5.74) is -0.124. The maximum Gasteiger partial charge on any atom is 0.416 e. The number of aryl methyl sites for hydroxylation is 1. The lowest BCUT2D eigenvalue weighted by Crippen LogP contribution is -2.51. The zero-order chi connectivity index (χ0) is 18.4. The van der Waals surface area contributed by atoms with E-state index in [1.807, 2.05) is 4.90 Å². The molecule has 1 aromatic carbocycles. The van der Waals surface area contributed by atoms with Crippen molar-refractivity contribution in [1.29, 1.82) is 0 Å². The van der Waals surface area contributed by atoms with Gasteiger partial charge < -0.3 is 10.0 Å². The van der Waals surface area contributed by atoms with Gasteiger partial charge in [0.1, 0.15) is 0 Å². The predicted octanol–water partition coefficient (Wildman–Crippen LogP) is 3.88. The third-order valence-electron chi connectivity index (χ3n) is 5.56. The Kier molecular flexibility index (Phi) is 4.60. The lowest BCUT2D eigenvalue weighted by molar-refractivity contribution is -0.150. The average molecular weight is 355 g/mol. The number of benzene rings is 1. The molecule has 2 fully saturated rings. The van der Waals surface area contributed by atoms with Crippen LogP contribution in [-0.2, 0) is 11.0 Å². The van der Waals surface area contributed by atoms with Crippen LogP contribution in [-0.4, -0.2) is 34.6 Å². The summed E-state index contributed by atoms with van der Waals surface area (Å²) < 4.78 is 38.6. The molecule has 2 aliphatic rings. The van der Waals surface area contributed by atoms with Crippen molar-refractivity contribution in [3.8, 4) is 0 Å². The number of hydrogen-bond donors (Lipinski definition) is 1. The number of carbonyl (C=O) groups is 1. The highest BCUT2D eigenvalue weighted by Gasteiger charge is 2.44. The third-order valence-corrected chi connectivity index (χ3v) is 5.56. The van der Waals surface area contributed by atoms with E-state index >= 15 is 0 Å². The van der Waals surface area contributed by atoms with Crippen molar-refractivity contribution in [3.63, 3.8) is 0 Å². The van der Waals surface area contributed by atoms with Gasteiger partial charge in [-0.1, -0.05) is 12.1 Å². The number of halogens is 3. The summed E-state index contributed by atoms with van der Waals surface area (Å²) in [5, 5.41) is 9.78. The van der Waals surface area contributed by atoms with Crippen LogP contribution in [0.4, 0.5) is 13.2 Å². The van der Waals surface area contributed by atoms with Gasteiger partial charge in [0, 0.05) is 19.0 Å². The van der Waals surface area contributed by atoms with E-state index in [0.29, 0.717) is 25.9 Å². The van der Waals surface area contributed by atoms with Crippen molar-refractivity contribution in [2.45, 2.75) is 57.2 Å². The van der Waals surface area contributed by atoms with Gasteiger partial charge in [0.25, 0.3) is 0 Å². The molecule has 1 heterocycles. The van der Waals surface area contributed by atoms with Crippen LogP contribution >= 0.6 is 0 Å². The molecule has 1 aliphatic carbocycles. The van der Waals surface area contributed by atoms with Crippen molar-refractivity contribution in [2.75, 3.05) is 13.1 Å². The van der Waals surface area contributed by atoms with Gasteiger partial charge in [0.2, 0.25) is 5.91 Å². The number of alkyl halides is 3. The molecule has 3 rings (SSSR count). The third kappa shape index (κ3) is 3.84. The van der Waals surface area contributed by atoms with Crippen molar-refractivity contribution < 1.29 is 23.1 Å². The fourth-order valence-electron chi connectivity index (χ4n) is 4.13. The van der Waals surface area contributed by atoms with Crippen LogP contribution < -0.4 is 0 Å². The molecule has 0 unspecified atom stereocenters. The molecule has 6 heteroatoms. The lowest BCUT2D eigenvalue weighted by Gasteiger charge is -2.43. The molecule has 0 bridgehead atoms. The summed E-state index contributed by atoms with van der Waals surface area (Å²) in [6, 6.07) is 4.37. The molecule has 25 heavy (non-hydrogen) atoms. The first-order valence-electron chi connectivity index (χ1n) is 8.76. The molecular weight excluding hydrogens is 331 g/mol. The van der Waals surface area contributed by atoms with Crippen molar-refractivity contribution in [2.24, 2.45) is 5.92 Å². The van der Waals surface area contributed by atoms with Crippen LogP contribution in [0, 0.1) is 12.8 Å². The highest BCUT2D eigenvalue weighted by molar-refractivity contribution is 5.80. The van der Waals surface area contributed by atoms with E-state index in [1.165, 1.54) is 13.0 Å².